The van der Waals surface area contributed by atoms with Crippen molar-refractivity contribution in [1.29, 1.82) is 0 Å². The third-order valence-electron chi connectivity index (χ3n) is 12.6. The van der Waals surface area contributed by atoms with E-state index in [4.69, 9.17) is 43.5 Å². The quantitative estimate of drug-likeness (QED) is 0.139. The van der Waals surface area contributed by atoms with Crippen LogP contribution in [0.2, 0.25) is 0 Å². The third kappa shape index (κ3) is 17.7. The summed E-state index contributed by atoms with van der Waals surface area (Å²) in [7, 11) is 2.30. The molecule has 3 atom stereocenters. The molecule has 22 nitrogen and oxygen atoms in total. The summed E-state index contributed by atoms with van der Waals surface area (Å²) in [6.45, 7) is 13.9. The number of methoxy groups -OCH3 is 2. The second-order valence-corrected chi connectivity index (χ2v) is 20.8. The Bertz CT molecular complexity index is 2950. The minimum Gasteiger partial charge on any atom is -0.481 e. The summed E-state index contributed by atoms with van der Waals surface area (Å²) in [5, 5.41) is 23.9. The average Bonchev–Trinajstić information content (AvgIpc) is 3.38. The van der Waals surface area contributed by atoms with E-state index in [0.29, 0.717) is 92.7 Å². The summed E-state index contributed by atoms with van der Waals surface area (Å²) < 4.78 is 172. The number of aromatic nitrogens is 6. The van der Waals surface area contributed by atoms with Gasteiger partial charge in [-0.05, 0) is 38.3 Å². The van der Waals surface area contributed by atoms with Crippen LogP contribution in [0, 0.1) is 5.41 Å². The molecule has 0 bridgehead atoms. The zero-order chi connectivity index (χ0) is 63.1. The van der Waals surface area contributed by atoms with E-state index in [0.717, 1.165) is 37.7 Å². The molecule has 8 rings (SSSR count). The minimum absolute atomic E-state index is 0.229. The summed E-state index contributed by atoms with van der Waals surface area (Å²) in [6, 6.07) is 1.68. The van der Waals surface area contributed by atoms with Crippen LogP contribution in [0.5, 0.6) is 23.5 Å². The number of amides is 2. The minimum atomic E-state index is -5.08. The molecule has 4 aliphatic heterocycles. The van der Waals surface area contributed by atoms with Gasteiger partial charge in [0.25, 0.3) is 0 Å². The lowest BCUT2D eigenvalue weighted by atomic mass is 9.84. The van der Waals surface area contributed by atoms with Gasteiger partial charge < -0.3 is 58.6 Å². The smallest absolute Gasteiger partial charge is 0.481 e. The van der Waals surface area contributed by atoms with E-state index in [2.05, 4.69) is 29.9 Å². The lowest BCUT2D eigenvalue weighted by Gasteiger charge is -2.37. The highest BCUT2D eigenvalue weighted by Gasteiger charge is 2.47. The Morgan fingerprint density at radius 1 is 0.571 bits per heavy atom. The number of fused-ring (bicyclic) bond motifs is 2. The van der Waals surface area contributed by atoms with Crippen LogP contribution in [-0.2, 0) is 52.6 Å². The first-order chi connectivity index (χ1) is 38.7. The molecule has 34 heteroatoms. The number of carbonyl (C=O) groups excluding carboxylic acids is 1. The number of carboxylic acids is 2. The van der Waals surface area contributed by atoms with Crippen molar-refractivity contribution in [2.75, 3.05) is 56.7 Å². The van der Waals surface area contributed by atoms with Gasteiger partial charge in [0.2, 0.25) is 23.5 Å². The number of halogens is 12. The molecular formula is C50H58F12N10O12. The van der Waals surface area contributed by atoms with Crippen LogP contribution >= 0.6 is 0 Å². The Balaban J connectivity index is 0.000000250. The van der Waals surface area contributed by atoms with Crippen molar-refractivity contribution in [3.8, 4) is 23.5 Å². The molecule has 3 N–H and O–H groups in total. The number of carboxylic acid groups (broad SMARTS) is 3. The number of hydrogen-bond acceptors (Lipinski definition) is 17. The first kappa shape index (κ1) is 66.7. The standard InChI is InChI=1S/2C23H28F3N5O4.2C2HF3O2/c1-22(2,3)35-21(32)31-7-5-15(11-31)34-19-16-12-30(8-6-18(16)28-13-29-19)14-9-17(23(24,25)26)20(33-4)27-10-14;1-22(2,3)18-17(6-8-31(18)21(32)33)35-19-14-11-30(7-5-16(14)28-12-29-19)13-9-15(23(24,25)26)20(34-4)27-10-13;2*3-2(4,5)1(6)7/h9-10,13,15H,5-8,11-12H2,1-4H3;9-10,12,17-18H,5-8,11H2,1-4H3,(H,32,33);2*(H,6,7)/t15-;17?,18-;;/m01../s1. The molecular weight excluding hydrogens is 1160 g/mol. The first-order valence-electron chi connectivity index (χ1n) is 25.0. The highest BCUT2D eigenvalue weighted by molar-refractivity contribution is 5.73. The van der Waals surface area contributed by atoms with Gasteiger partial charge in [0, 0.05) is 51.9 Å². The summed E-state index contributed by atoms with van der Waals surface area (Å²) in [5.74, 6) is -5.78. The van der Waals surface area contributed by atoms with Crippen LogP contribution in [0.3, 0.4) is 0 Å². The fourth-order valence-electron chi connectivity index (χ4n) is 8.98. The SMILES string of the molecule is COc1ncc(N2CCc3ncnc(OC4CCN(C(=O)O)[C@H]4C(C)(C)C)c3C2)cc1C(F)(F)F.COc1ncc(N2CCc3ncnc(O[C@H]4CCN(C(=O)OC(C)(C)C)C4)c3C2)cc1C(F)(F)F.O=C(O)C(F)(F)F.O=C(O)C(F)(F)F. The number of anilines is 2. The highest BCUT2D eigenvalue weighted by Crippen LogP contribution is 2.41. The van der Waals surface area contributed by atoms with Crippen molar-refractivity contribution in [1.82, 2.24) is 39.7 Å². The van der Waals surface area contributed by atoms with E-state index in [1.807, 2.05) is 41.5 Å². The van der Waals surface area contributed by atoms with E-state index < -0.39 is 83.4 Å². The number of likely N-dealkylation sites (tertiary alicyclic amines) is 2. The summed E-state index contributed by atoms with van der Waals surface area (Å²) in [5.41, 5.74) is 0.682. The molecule has 2 fully saturated rings. The van der Waals surface area contributed by atoms with E-state index in [1.165, 1.54) is 29.9 Å². The Morgan fingerprint density at radius 2 is 1.00 bits per heavy atom. The number of rotatable bonds is 8. The second-order valence-electron chi connectivity index (χ2n) is 20.8. The highest BCUT2D eigenvalue weighted by atomic mass is 19.4. The van der Waals surface area contributed by atoms with Crippen LogP contribution in [-0.4, -0.2) is 162 Å². The van der Waals surface area contributed by atoms with E-state index >= 15 is 0 Å². The van der Waals surface area contributed by atoms with Gasteiger partial charge in [0.1, 0.15) is 41.6 Å². The van der Waals surface area contributed by atoms with E-state index in [1.54, 1.807) is 14.7 Å². The average molecular weight is 1220 g/mol. The van der Waals surface area contributed by atoms with Crippen molar-refractivity contribution in [2.24, 2.45) is 5.41 Å². The van der Waals surface area contributed by atoms with Crippen molar-refractivity contribution in [3.63, 3.8) is 0 Å². The molecule has 4 aromatic rings. The number of carbonyl (C=O) groups is 4. The number of ether oxygens (including phenoxy) is 5. The number of nitrogens with zero attached hydrogens (tertiary/aromatic N) is 10. The van der Waals surface area contributed by atoms with Gasteiger partial charge in [0.15, 0.2) is 0 Å². The molecule has 0 saturated carbocycles. The predicted molar refractivity (Wildman–Crippen MR) is 266 cm³/mol. The molecule has 0 radical (unpaired) electrons. The van der Waals surface area contributed by atoms with Crippen molar-refractivity contribution in [3.05, 3.63) is 70.8 Å². The lowest BCUT2D eigenvalue weighted by molar-refractivity contribution is -0.193. The molecule has 2 saturated heterocycles. The van der Waals surface area contributed by atoms with Gasteiger partial charge in [0.05, 0.1) is 86.2 Å². The number of alkyl halides is 12. The van der Waals surface area contributed by atoms with Gasteiger partial charge in [-0.1, -0.05) is 20.8 Å². The van der Waals surface area contributed by atoms with E-state index in [9.17, 15) is 67.4 Å². The van der Waals surface area contributed by atoms with Crippen molar-refractivity contribution < 1.29 is 111 Å². The molecule has 2 amide bonds. The third-order valence-corrected chi connectivity index (χ3v) is 12.6. The van der Waals surface area contributed by atoms with Gasteiger partial charge >= 0.3 is 48.8 Å². The fourth-order valence-corrected chi connectivity index (χ4v) is 8.98. The lowest BCUT2D eigenvalue weighted by Crippen LogP contribution is -2.49. The Hall–Kier alpha value is -8.10. The fraction of sp³-hybridized carbons (Fsp3) is 0.560. The van der Waals surface area contributed by atoms with Crippen molar-refractivity contribution >= 4 is 35.5 Å². The molecule has 4 aromatic heterocycles. The van der Waals surface area contributed by atoms with Crippen LogP contribution < -0.4 is 28.7 Å². The van der Waals surface area contributed by atoms with Crippen LogP contribution in [0.4, 0.5) is 73.6 Å². The normalized spacial score (nSPS) is 18.1. The maximum absolute atomic E-state index is 13.5. The number of hydrogen-bond donors (Lipinski definition) is 3. The number of pyridine rings is 2. The molecule has 0 aromatic carbocycles. The topological polar surface area (TPSA) is 265 Å². The summed E-state index contributed by atoms with van der Waals surface area (Å²) in [6.07, 6.45) is -13.8. The molecule has 1 unspecified atom stereocenters. The molecule has 0 aliphatic carbocycles. The number of aliphatic carboxylic acids is 2. The summed E-state index contributed by atoms with van der Waals surface area (Å²) >= 11 is 0. The molecule has 84 heavy (non-hydrogen) atoms. The molecule has 0 spiro atoms. The maximum Gasteiger partial charge on any atom is 0.490 e. The second kappa shape index (κ2) is 26.2. The Morgan fingerprint density at radius 3 is 1.37 bits per heavy atom. The van der Waals surface area contributed by atoms with Crippen LogP contribution in [0.1, 0.15) is 88.0 Å². The maximum atomic E-state index is 13.5. The zero-order valence-corrected chi connectivity index (χ0v) is 46.0. The van der Waals surface area contributed by atoms with Gasteiger partial charge in [-0.15, -0.1) is 0 Å². The van der Waals surface area contributed by atoms with Crippen molar-refractivity contribution in [2.45, 2.75) is 129 Å². The monoisotopic (exact) mass is 1220 g/mol. The predicted octanol–water partition coefficient (Wildman–Crippen LogP) is 9.12. The molecule has 8 heterocycles. The van der Waals surface area contributed by atoms with Gasteiger partial charge in [-0.25, -0.2) is 49.1 Å². The molecule has 4 aliphatic rings. The zero-order valence-electron chi connectivity index (χ0n) is 46.0. The summed E-state index contributed by atoms with van der Waals surface area (Å²) in [4.78, 5) is 73.4. The van der Waals surface area contributed by atoms with Gasteiger partial charge in [-0.3, -0.25) is 0 Å². The van der Waals surface area contributed by atoms with E-state index in [-0.39, 0.29) is 30.7 Å². The molecule has 464 valence electrons. The van der Waals surface area contributed by atoms with Gasteiger partial charge in [-0.2, -0.15) is 52.7 Å². The van der Waals surface area contributed by atoms with Crippen LogP contribution in [0.15, 0.2) is 37.2 Å². The Labute approximate surface area is 470 Å². The largest absolute Gasteiger partial charge is 0.490 e. The Kier molecular flexibility index (Phi) is 20.8. The first-order valence-corrected chi connectivity index (χ1v) is 25.0. The van der Waals surface area contributed by atoms with Crippen LogP contribution in [0.25, 0.3) is 0 Å².